The lowest BCUT2D eigenvalue weighted by molar-refractivity contribution is 0.170. The third-order valence-corrected chi connectivity index (χ3v) is 4.62. The van der Waals surface area contributed by atoms with E-state index in [2.05, 4.69) is 17.0 Å². The smallest absolute Gasteiger partial charge is 0.279 e. The van der Waals surface area contributed by atoms with Crippen LogP contribution in [0.2, 0.25) is 0 Å². The molecule has 0 amide bonds. The fourth-order valence-corrected chi connectivity index (χ4v) is 3.03. The highest BCUT2D eigenvalue weighted by Crippen LogP contribution is 2.03. The second kappa shape index (κ2) is 11.4. The predicted molar refractivity (Wildman–Crippen MR) is 83.0 cm³/mol. The first-order valence-electron chi connectivity index (χ1n) is 7.41. The van der Waals surface area contributed by atoms with Crippen LogP contribution in [0.5, 0.6) is 0 Å². The van der Waals surface area contributed by atoms with E-state index in [0.29, 0.717) is 13.2 Å². The summed E-state index contributed by atoms with van der Waals surface area (Å²) in [7, 11) is -0.229. The standard InChI is InChI=1S/C13H31N3O3S/c1-5-8-13(12-19-4)15-20(17,18)16(3)11-7-10-14-9-6-2/h13-15H,5-12H2,1-4H3. The number of nitrogens with one attached hydrogen (secondary N) is 2. The van der Waals surface area contributed by atoms with E-state index < -0.39 is 10.2 Å². The summed E-state index contributed by atoms with van der Waals surface area (Å²) in [6.07, 6.45) is 3.59. The van der Waals surface area contributed by atoms with Gasteiger partial charge in [0.15, 0.2) is 0 Å². The van der Waals surface area contributed by atoms with Crippen molar-refractivity contribution >= 4 is 10.2 Å². The van der Waals surface area contributed by atoms with Crippen LogP contribution < -0.4 is 10.0 Å². The highest BCUT2D eigenvalue weighted by molar-refractivity contribution is 7.87. The van der Waals surface area contributed by atoms with Crippen molar-refractivity contribution < 1.29 is 13.2 Å². The highest BCUT2D eigenvalue weighted by atomic mass is 32.2. The Labute approximate surface area is 124 Å². The first-order valence-corrected chi connectivity index (χ1v) is 8.85. The van der Waals surface area contributed by atoms with E-state index >= 15 is 0 Å². The summed E-state index contributed by atoms with van der Waals surface area (Å²) in [5.41, 5.74) is 0. The summed E-state index contributed by atoms with van der Waals surface area (Å²) >= 11 is 0. The van der Waals surface area contributed by atoms with Crippen LogP contribution in [-0.2, 0) is 14.9 Å². The third kappa shape index (κ3) is 8.86. The lowest BCUT2D eigenvalue weighted by atomic mass is 10.2. The average molecular weight is 309 g/mol. The molecule has 1 unspecified atom stereocenters. The Kier molecular flexibility index (Phi) is 11.3. The van der Waals surface area contributed by atoms with Crippen molar-refractivity contribution in [3.63, 3.8) is 0 Å². The van der Waals surface area contributed by atoms with E-state index in [0.717, 1.165) is 38.8 Å². The maximum atomic E-state index is 12.1. The van der Waals surface area contributed by atoms with Gasteiger partial charge in [-0.1, -0.05) is 20.3 Å². The zero-order valence-electron chi connectivity index (χ0n) is 13.3. The fourth-order valence-electron chi connectivity index (χ4n) is 1.88. The van der Waals surface area contributed by atoms with E-state index in [1.807, 2.05) is 6.92 Å². The van der Waals surface area contributed by atoms with Crippen molar-refractivity contribution in [1.29, 1.82) is 0 Å². The van der Waals surface area contributed by atoms with Gasteiger partial charge in [0, 0.05) is 26.7 Å². The molecule has 0 saturated carbocycles. The Bertz CT molecular complexity index is 317. The first-order chi connectivity index (χ1) is 9.47. The number of ether oxygens (including phenoxy) is 1. The molecule has 0 aliphatic heterocycles. The van der Waals surface area contributed by atoms with E-state index in [9.17, 15) is 8.42 Å². The van der Waals surface area contributed by atoms with E-state index in [-0.39, 0.29) is 6.04 Å². The topological polar surface area (TPSA) is 70.7 Å². The van der Waals surface area contributed by atoms with Gasteiger partial charge in [0.2, 0.25) is 0 Å². The molecule has 6 nitrogen and oxygen atoms in total. The lowest BCUT2D eigenvalue weighted by Crippen LogP contribution is -2.46. The van der Waals surface area contributed by atoms with Crippen LogP contribution in [0.1, 0.15) is 39.5 Å². The summed E-state index contributed by atoms with van der Waals surface area (Å²) in [6.45, 7) is 6.86. The second-order valence-electron chi connectivity index (χ2n) is 4.99. The van der Waals surface area contributed by atoms with Crippen LogP contribution in [-0.4, -0.2) is 59.2 Å². The van der Waals surface area contributed by atoms with Crippen molar-refractivity contribution in [3.8, 4) is 0 Å². The van der Waals surface area contributed by atoms with Gasteiger partial charge in [-0.2, -0.15) is 17.4 Å². The molecule has 20 heavy (non-hydrogen) atoms. The summed E-state index contributed by atoms with van der Waals surface area (Å²) < 4.78 is 33.4. The minimum absolute atomic E-state index is 0.157. The van der Waals surface area contributed by atoms with Gasteiger partial charge in [-0.15, -0.1) is 0 Å². The third-order valence-electron chi connectivity index (χ3n) is 2.98. The minimum atomic E-state index is -3.42. The van der Waals surface area contributed by atoms with Crippen LogP contribution in [0.4, 0.5) is 0 Å². The number of methoxy groups -OCH3 is 1. The molecule has 2 N–H and O–H groups in total. The molecule has 0 spiro atoms. The Morgan fingerprint density at radius 2 is 1.90 bits per heavy atom. The molecule has 0 aromatic rings. The Morgan fingerprint density at radius 3 is 2.45 bits per heavy atom. The molecule has 0 radical (unpaired) electrons. The van der Waals surface area contributed by atoms with Crippen molar-refractivity contribution in [1.82, 2.24) is 14.3 Å². The highest BCUT2D eigenvalue weighted by Gasteiger charge is 2.21. The van der Waals surface area contributed by atoms with Crippen LogP contribution >= 0.6 is 0 Å². The Hall–Kier alpha value is -0.210. The van der Waals surface area contributed by atoms with Crippen molar-refractivity contribution in [3.05, 3.63) is 0 Å². The normalized spacial score (nSPS) is 13.8. The van der Waals surface area contributed by atoms with Gasteiger partial charge in [-0.05, 0) is 32.4 Å². The van der Waals surface area contributed by atoms with Crippen molar-refractivity contribution in [2.75, 3.05) is 40.4 Å². The van der Waals surface area contributed by atoms with Gasteiger partial charge in [-0.25, -0.2) is 0 Å². The van der Waals surface area contributed by atoms with Crippen LogP contribution in [0.3, 0.4) is 0 Å². The van der Waals surface area contributed by atoms with Gasteiger partial charge >= 0.3 is 0 Å². The SMILES string of the molecule is CCCNCCCN(C)S(=O)(=O)NC(CCC)COC. The lowest BCUT2D eigenvalue weighted by Gasteiger charge is -2.22. The molecule has 0 fully saturated rings. The molecule has 0 aliphatic carbocycles. The van der Waals surface area contributed by atoms with Gasteiger partial charge in [0.05, 0.1) is 6.61 Å². The monoisotopic (exact) mass is 309 g/mol. The number of hydrogen-bond acceptors (Lipinski definition) is 4. The first kappa shape index (κ1) is 19.8. The molecule has 1 atom stereocenters. The van der Waals surface area contributed by atoms with E-state index in [1.54, 1.807) is 14.2 Å². The summed E-state index contributed by atoms with van der Waals surface area (Å²) in [5.74, 6) is 0. The molecule has 0 aromatic carbocycles. The molecule has 0 rings (SSSR count). The van der Waals surface area contributed by atoms with Crippen LogP contribution in [0, 0.1) is 0 Å². The molecule has 0 aromatic heterocycles. The summed E-state index contributed by atoms with van der Waals surface area (Å²) in [6, 6.07) is -0.157. The second-order valence-corrected chi connectivity index (χ2v) is 6.80. The van der Waals surface area contributed by atoms with Gasteiger partial charge in [-0.3, -0.25) is 0 Å². The van der Waals surface area contributed by atoms with E-state index in [4.69, 9.17) is 4.74 Å². The zero-order valence-corrected chi connectivity index (χ0v) is 14.1. The van der Waals surface area contributed by atoms with Crippen molar-refractivity contribution in [2.45, 2.75) is 45.6 Å². The molecule has 7 heteroatoms. The molecular formula is C13H31N3O3S. The predicted octanol–water partition coefficient (Wildman–Crippen LogP) is 0.957. The van der Waals surface area contributed by atoms with Gasteiger partial charge < -0.3 is 10.1 Å². The summed E-state index contributed by atoms with van der Waals surface area (Å²) in [5, 5.41) is 3.26. The van der Waals surface area contributed by atoms with E-state index in [1.165, 1.54) is 4.31 Å². The molecule has 0 heterocycles. The molecule has 0 aliphatic rings. The minimum Gasteiger partial charge on any atom is -0.383 e. The van der Waals surface area contributed by atoms with Gasteiger partial charge in [0.25, 0.3) is 10.2 Å². The average Bonchev–Trinajstić information content (AvgIpc) is 2.38. The van der Waals surface area contributed by atoms with Crippen molar-refractivity contribution in [2.24, 2.45) is 0 Å². The maximum Gasteiger partial charge on any atom is 0.279 e. The zero-order chi connectivity index (χ0) is 15.4. The summed E-state index contributed by atoms with van der Waals surface area (Å²) in [4.78, 5) is 0. The quantitative estimate of drug-likeness (QED) is 0.497. The van der Waals surface area contributed by atoms with Gasteiger partial charge in [0.1, 0.15) is 0 Å². The Morgan fingerprint density at radius 1 is 1.20 bits per heavy atom. The largest absolute Gasteiger partial charge is 0.383 e. The molecular weight excluding hydrogens is 278 g/mol. The molecule has 0 bridgehead atoms. The fraction of sp³-hybridized carbons (Fsp3) is 1.00. The number of hydrogen-bond donors (Lipinski definition) is 2. The molecule has 0 saturated heterocycles. The number of rotatable bonds is 13. The van der Waals surface area contributed by atoms with Crippen LogP contribution in [0.25, 0.3) is 0 Å². The number of nitrogens with zero attached hydrogens (tertiary/aromatic N) is 1. The maximum absolute atomic E-state index is 12.1. The Balaban J connectivity index is 4.17. The van der Waals surface area contributed by atoms with Crippen LogP contribution in [0.15, 0.2) is 0 Å². The molecule has 122 valence electrons.